The van der Waals surface area contributed by atoms with E-state index in [0.29, 0.717) is 19.2 Å². The molecule has 126 valence electrons. The van der Waals surface area contributed by atoms with Crippen molar-refractivity contribution in [1.29, 1.82) is 0 Å². The summed E-state index contributed by atoms with van der Waals surface area (Å²) in [5, 5.41) is 1.51. The summed E-state index contributed by atoms with van der Waals surface area (Å²) in [4.78, 5) is 35.0. The average Bonchev–Trinajstić information content (AvgIpc) is 3.35. The largest absolute Gasteiger partial charge is 0.345 e. The fourth-order valence-electron chi connectivity index (χ4n) is 4.41. The van der Waals surface area contributed by atoms with Crippen LogP contribution in [-0.2, 0) is 16.2 Å². The van der Waals surface area contributed by atoms with Gasteiger partial charge in [-0.15, -0.1) is 0 Å². The second kappa shape index (κ2) is 5.21. The van der Waals surface area contributed by atoms with Crippen LogP contribution in [0.5, 0.6) is 0 Å². The first kappa shape index (κ1) is 14.3. The minimum atomic E-state index is -0.264. The SMILES string of the molecule is O=C1C2C(CC3CN2C(=O)N3OCc2ccccc2)CN1C1CC1. The molecule has 6 heteroatoms. The predicted octanol–water partition coefficient (Wildman–Crippen LogP) is 1.62. The van der Waals surface area contributed by atoms with Crippen LogP contribution in [0.2, 0.25) is 0 Å². The van der Waals surface area contributed by atoms with E-state index in [9.17, 15) is 9.59 Å². The molecule has 0 radical (unpaired) electrons. The Morgan fingerprint density at radius 1 is 1.00 bits per heavy atom. The number of rotatable bonds is 4. The molecule has 3 atom stereocenters. The van der Waals surface area contributed by atoms with Crippen LogP contribution in [0.3, 0.4) is 0 Å². The molecule has 1 aromatic rings. The molecule has 1 aromatic carbocycles. The zero-order chi connectivity index (χ0) is 16.3. The first-order chi connectivity index (χ1) is 11.7. The number of urea groups is 1. The summed E-state index contributed by atoms with van der Waals surface area (Å²) in [5.74, 6) is 0.408. The Bertz CT molecular complexity index is 675. The molecule has 6 nitrogen and oxygen atoms in total. The third-order valence-corrected chi connectivity index (χ3v) is 5.70. The number of likely N-dealkylation sites (tertiary alicyclic amines) is 1. The summed E-state index contributed by atoms with van der Waals surface area (Å²) in [5.41, 5.74) is 1.04. The second-order valence-electron chi connectivity index (χ2n) is 7.34. The lowest BCUT2D eigenvalue weighted by atomic mass is 9.90. The summed E-state index contributed by atoms with van der Waals surface area (Å²) in [7, 11) is 0. The van der Waals surface area contributed by atoms with E-state index < -0.39 is 0 Å². The molecule has 4 aliphatic rings. The Kier molecular flexibility index (Phi) is 3.10. The Balaban J connectivity index is 1.31. The lowest BCUT2D eigenvalue weighted by Gasteiger charge is -2.30. The highest BCUT2D eigenvalue weighted by Gasteiger charge is 2.58. The minimum Gasteiger partial charge on any atom is -0.338 e. The van der Waals surface area contributed by atoms with Gasteiger partial charge in [-0.05, 0) is 24.8 Å². The van der Waals surface area contributed by atoms with E-state index >= 15 is 0 Å². The molecule has 3 unspecified atom stereocenters. The highest BCUT2D eigenvalue weighted by molar-refractivity contribution is 5.91. The van der Waals surface area contributed by atoms with Crippen LogP contribution in [0.15, 0.2) is 30.3 Å². The van der Waals surface area contributed by atoms with E-state index in [-0.39, 0.29) is 29.9 Å². The van der Waals surface area contributed by atoms with E-state index in [1.807, 2.05) is 35.2 Å². The molecule has 3 aliphatic heterocycles. The number of nitrogens with zero attached hydrogens (tertiary/aromatic N) is 3. The van der Waals surface area contributed by atoms with Gasteiger partial charge < -0.3 is 9.80 Å². The van der Waals surface area contributed by atoms with Crippen molar-refractivity contribution in [2.24, 2.45) is 5.92 Å². The Morgan fingerprint density at radius 3 is 2.54 bits per heavy atom. The molecule has 0 N–H and O–H groups in total. The zero-order valence-corrected chi connectivity index (χ0v) is 13.5. The van der Waals surface area contributed by atoms with Crippen LogP contribution in [-0.4, -0.2) is 58.0 Å². The molecule has 5 rings (SSSR count). The number of piperidine rings is 1. The van der Waals surface area contributed by atoms with E-state index in [1.54, 1.807) is 4.90 Å². The van der Waals surface area contributed by atoms with Gasteiger partial charge in [-0.25, -0.2) is 4.79 Å². The number of fused-ring (bicyclic) bond motifs is 4. The third-order valence-electron chi connectivity index (χ3n) is 5.70. The van der Waals surface area contributed by atoms with Crippen molar-refractivity contribution >= 4 is 11.9 Å². The smallest absolute Gasteiger partial charge is 0.338 e. The Labute approximate surface area is 140 Å². The fourth-order valence-corrected chi connectivity index (χ4v) is 4.41. The normalized spacial score (nSPS) is 31.8. The summed E-state index contributed by atoms with van der Waals surface area (Å²) in [6.07, 6.45) is 3.10. The van der Waals surface area contributed by atoms with Gasteiger partial charge in [-0.3, -0.25) is 9.63 Å². The first-order valence-corrected chi connectivity index (χ1v) is 8.79. The van der Waals surface area contributed by atoms with Crippen LogP contribution in [0.4, 0.5) is 4.79 Å². The number of hydrogen-bond donors (Lipinski definition) is 0. The second-order valence-corrected chi connectivity index (χ2v) is 7.34. The van der Waals surface area contributed by atoms with E-state index in [0.717, 1.165) is 31.4 Å². The predicted molar refractivity (Wildman–Crippen MR) is 85.6 cm³/mol. The molecule has 2 bridgehead atoms. The summed E-state index contributed by atoms with van der Waals surface area (Å²) >= 11 is 0. The molecule has 24 heavy (non-hydrogen) atoms. The van der Waals surface area contributed by atoms with Gasteiger partial charge in [-0.1, -0.05) is 30.3 Å². The van der Waals surface area contributed by atoms with Gasteiger partial charge in [0.2, 0.25) is 5.91 Å². The summed E-state index contributed by atoms with van der Waals surface area (Å²) < 4.78 is 0. The lowest BCUT2D eigenvalue weighted by molar-refractivity contribution is -0.142. The average molecular weight is 327 g/mol. The maximum absolute atomic E-state index is 12.7. The quantitative estimate of drug-likeness (QED) is 0.844. The van der Waals surface area contributed by atoms with Crippen LogP contribution in [0.25, 0.3) is 0 Å². The van der Waals surface area contributed by atoms with Crippen molar-refractivity contribution in [2.45, 2.75) is 44.0 Å². The number of carbonyl (C=O) groups excluding carboxylic acids is 2. The van der Waals surface area contributed by atoms with Gasteiger partial charge in [0.05, 0.1) is 6.04 Å². The van der Waals surface area contributed by atoms with E-state index in [4.69, 9.17) is 4.84 Å². The molecule has 1 saturated carbocycles. The van der Waals surface area contributed by atoms with E-state index in [1.165, 1.54) is 5.06 Å². The van der Waals surface area contributed by atoms with Gasteiger partial charge in [0.1, 0.15) is 12.6 Å². The highest BCUT2D eigenvalue weighted by Crippen LogP contribution is 2.42. The zero-order valence-electron chi connectivity index (χ0n) is 13.5. The number of amides is 3. The van der Waals surface area contributed by atoms with Crippen molar-refractivity contribution < 1.29 is 14.4 Å². The van der Waals surface area contributed by atoms with Crippen LogP contribution < -0.4 is 0 Å². The molecule has 0 aromatic heterocycles. The number of carbonyl (C=O) groups is 2. The van der Waals surface area contributed by atoms with Crippen LogP contribution in [0.1, 0.15) is 24.8 Å². The van der Waals surface area contributed by atoms with Crippen molar-refractivity contribution in [3.8, 4) is 0 Å². The maximum atomic E-state index is 12.7. The van der Waals surface area contributed by atoms with Gasteiger partial charge in [0, 0.05) is 25.0 Å². The molecule has 4 fully saturated rings. The highest BCUT2D eigenvalue weighted by atomic mass is 16.7. The molecule has 1 aliphatic carbocycles. The topological polar surface area (TPSA) is 53.1 Å². The summed E-state index contributed by atoms with van der Waals surface area (Å²) in [6, 6.07) is 9.94. The van der Waals surface area contributed by atoms with Gasteiger partial charge in [0.25, 0.3) is 0 Å². The number of hydroxylamine groups is 2. The third kappa shape index (κ3) is 2.13. The first-order valence-electron chi connectivity index (χ1n) is 8.79. The summed E-state index contributed by atoms with van der Waals surface area (Å²) in [6.45, 7) is 1.80. The molecule has 3 amide bonds. The molecular formula is C18H21N3O3. The van der Waals surface area contributed by atoms with Crippen LogP contribution in [0, 0.1) is 5.92 Å². The Hall–Kier alpha value is -2.08. The monoisotopic (exact) mass is 327 g/mol. The fraction of sp³-hybridized carbons (Fsp3) is 0.556. The van der Waals surface area contributed by atoms with Crippen molar-refractivity contribution in [1.82, 2.24) is 14.9 Å². The van der Waals surface area contributed by atoms with Crippen molar-refractivity contribution in [2.75, 3.05) is 13.1 Å². The molecule has 3 heterocycles. The van der Waals surface area contributed by atoms with Crippen molar-refractivity contribution in [3.05, 3.63) is 35.9 Å². The minimum absolute atomic E-state index is 0.0643. The standard InChI is InChI=1S/C18H21N3O3/c22-17-16-13(9-19(17)14-6-7-14)8-15-10-20(16)18(23)21(15)24-11-12-4-2-1-3-5-12/h1-5,13-16H,6-11H2. The van der Waals surface area contributed by atoms with E-state index in [2.05, 4.69) is 0 Å². The Morgan fingerprint density at radius 2 is 1.79 bits per heavy atom. The van der Waals surface area contributed by atoms with Gasteiger partial charge >= 0.3 is 6.03 Å². The maximum Gasteiger partial charge on any atom is 0.345 e. The van der Waals surface area contributed by atoms with Gasteiger partial charge in [-0.2, -0.15) is 5.06 Å². The van der Waals surface area contributed by atoms with Gasteiger partial charge in [0.15, 0.2) is 0 Å². The number of benzene rings is 1. The van der Waals surface area contributed by atoms with Crippen LogP contribution >= 0.6 is 0 Å². The molecule has 0 spiro atoms. The van der Waals surface area contributed by atoms with Crippen molar-refractivity contribution in [3.63, 3.8) is 0 Å². The lowest BCUT2D eigenvalue weighted by Crippen LogP contribution is -2.48. The number of hydrogen-bond acceptors (Lipinski definition) is 3. The molecular weight excluding hydrogens is 306 g/mol. The molecule has 3 saturated heterocycles.